The maximum atomic E-state index is 11.1. The second-order valence-electron chi connectivity index (χ2n) is 3.30. The fourth-order valence-corrected chi connectivity index (χ4v) is 0.983. The van der Waals surface area contributed by atoms with E-state index in [0.717, 1.165) is 6.42 Å². The lowest BCUT2D eigenvalue weighted by Gasteiger charge is -2.17. The Balaban J connectivity index is 3.87. The van der Waals surface area contributed by atoms with Crippen LogP contribution in [0.15, 0.2) is 0 Å². The molecular formula is C10H17NO2. The van der Waals surface area contributed by atoms with Crippen molar-refractivity contribution in [3.05, 3.63) is 0 Å². The fourth-order valence-electron chi connectivity index (χ4n) is 0.983. The van der Waals surface area contributed by atoms with Crippen molar-refractivity contribution in [2.75, 3.05) is 13.2 Å². The first-order valence-corrected chi connectivity index (χ1v) is 4.57. The Labute approximate surface area is 79.7 Å². The average Bonchev–Trinajstić information content (AvgIpc) is 2.12. The summed E-state index contributed by atoms with van der Waals surface area (Å²) >= 11 is 0. The lowest BCUT2D eigenvalue weighted by atomic mass is 9.83. The molecule has 0 aromatic carbocycles. The number of nitriles is 1. The van der Waals surface area contributed by atoms with Gasteiger partial charge in [0.2, 0.25) is 0 Å². The largest absolute Gasteiger partial charge is 0.382 e. The minimum absolute atomic E-state index is 0.0634. The van der Waals surface area contributed by atoms with Crippen molar-refractivity contribution in [3.63, 3.8) is 0 Å². The van der Waals surface area contributed by atoms with Crippen molar-refractivity contribution in [2.45, 2.75) is 33.6 Å². The van der Waals surface area contributed by atoms with Crippen molar-refractivity contribution >= 4 is 5.78 Å². The zero-order chi connectivity index (χ0) is 10.3. The molecule has 1 unspecified atom stereocenters. The molecule has 3 nitrogen and oxygen atoms in total. The minimum Gasteiger partial charge on any atom is -0.382 e. The average molecular weight is 183 g/mol. The zero-order valence-corrected chi connectivity index (χ0v) is 8.59. The van der Waals surface area contributed by atoms with Crippen LogP contribution in [0.4, 0.5) is 0 Å². The van der Waals surface area contributed by atoms with Crippen LogP contribution in [0.2, 0.25) is 0 Å². The molecule has 0 rings (SSSR count). The van der Waals surface area contributed by atoms with Gasteiger partial charge in [-0.15, -0.1) is 0 Å². The highest BCUT2D eigenvalue weighted by molar-refractivity contribution is 5.84. The normalized spacial score (nSPS) is 14.6. The summed E-state index contributed by atoms with van der Waals surface area (Å²) in [6.07, 6.45) is 1.34. The summed E-state index contributed by atoms with van der Waals surface area (Å²) in [6, 6.07) is 2.05. The Hall–Kier alpha value is -0.880. The summed E-state index contributed by atoms with van der Waals surface area (Å²) in [7, 11) is 0. The van der Waals surface area contributed by atoms with Gasteiger partial charge >= 0.3 is 0 Å². The van der Waals surface area contributed by atoms with E-state index < -0.39 is 5.41 Å². The predicted octanol–water partition coefficient (Wildman–Crippen LogP) is 1.92. The van der Waals surface area contributed by atoms with E-state index in [9.17, 15) is 4.79 Å². The maximum Gasteiger partial charge on any atom is 0.149 e. The molecule has 0 saturated heterocycles. The first kappa shape index (κ1) is 12.1. The molecule has 0 aliphatic carbocycles. The number of hydrogen-bond donors (Lipinski definition) is 0. The predicted molar refractivity (Wildman–Crippen MR) is 50.1 cm³/mol. The molecule has 0 heterocycles. The highest BCUT2D eigenvalue weighted by Gasteiger charge is 2.28. The van der Waals surface area contributed by atoms with Gasteiger partial charge in [-0.25, -0.2) is 0 Å². The Morgan fingerprint density at radius 3 is 2.62 bits per heavy atom. The molecular weight excluding hydrogens is 166 g/mol. The van der Waals surface area contributed by atoms with Crippen LogP contribution in [0.25, 0.3) is 0 Å². The lowest BCUT2D eigenvalue weighted by Crippen LogP contribution is -2.23. The van der Waals surface area contributed by atoms with Gasteiger partial charge < -0.3 is 4.74 Å². The maximum absolute atomic E-state index is 11.1. The second-order valence-corrected chi connectivity index (χ2v) is 3.30. The van der Waals surface area contributed by atoms with Gasteiger partial charge in [0, 0.05) is 13.2 Å². The first-order valence-electron chi connectivity index (χ1n) is 4.57. The van der Waals surface area contributed by atoms with E-state index in [1.165, 1.54) is 6.92 Å². The summed E-state index contributed by atoms with van der Waals surface area (Å²) in [4.78, 5) is 11.1. The van der Waals surface area contributed by atoms with Crippen molar-refractivity contribution in [1.82, 2.24) is 0 Å². The van der Waals surface area contributed by atoms with Crippen molar-refractivity contribution in [3.8, 4) is 6.07 Å². The summed E-state index contributed by atoms with van der Waals surface area (Å²) in [5.41, 5.74) is -0.822. The number of Topliss-reactive ketones (excluding diaryl/α,β-unsaturated/α-hetero) is 1. The van der Waals surface area contributed by atoms with Gasteiger partial charge in [0.15, 0.2) is 0 Å². The molecule has 0 aromatic rings. The summed E-state index contributed by atoms with van der Waals surface area (Å²) in [5, 5.41) is 8.80. The van der Waals surface area contributed by atoms with Crippen molar-refractivity contribution in [2.24, 2.45) is 5.41 Å². The summed E-state index contributed by atoms with van der Waals surface area (Å²) in [5.74, 6) is -0.0634. The van der Waals surface area contributed by atoms with Gasteiger partial charge in [0.25, 0.3) is 0 Å². The van der Waals surface area contributed by atoms with Crippen molar-refractivity contribution < 1.29 is 9.53 Å². The fraction of sp³-hybridized carbons (Fsp3) is 0.800. The van der Waals surface area contributed by atoms with E-state index >= 15 is 0 Å². The molecule has 0 amide bonds. The van der Waals surface area contributed by atoms with E-state index in [1.54, 1.807) is 6.92 Å². The molecule has 0 radical (unpaired) electrons. The molecule has 13 heavy (non-hydrogen) atoms. The number of ketones is 1. The number of carbonyl (C=O) groups excluding carboxylic acids is 1. The van der Waals surface area contributed by atoms with Gasteiger partial charge in [0.05, 0.1) is 6.07 Å². The molecule has 0 saturated carbocycles. The third-order valence-electron chi connectivity index (χ3n) is 2.19. The van der Waals surface area contributed by atoms with Crippen LogP contribution in [-0.2, 0) is 9.53 Å². The monoisotopic (exact) mass is 183 g/mol. The van der Waals surface area contributed by atoms with Gasteiger partial charge in [-0.05, 0) is 33.6 Å². The second kappa shape index (κ2) is 5.71. The van der Waals surface area contributed by atoms with Crippen LogP contribution >= 0.6 is 0 Å². The molecule has 0 aliphatic heterocycles. The third kappa shape index (κ3) is 4.05. The molecule has 0 bridgehead atoms. The number of rotatable bonds is 6. The van der Waals surface area contributed by atoms with Crippen LogP contribution in [-0.4, -0.2) is 19.0 Å². The number of hydrogen-bond acceptors (Lipinski definition) is 3. The highest BCUT2D eigenvalue weighted by Crippen LogP contribution is 2.23. The number of ether oxygens (including phenoxy) is 1. The van der Waals surface area contributed by atoms with E-state index in [1.807, 2.05) is 13.0 Å². The molecule has 0 aromatic heterocycles. The van der Waals surface area contributed by atoms with Crippen molar-refractivity contribution in [1.29, 1.82) is 5.26 Å². The zero-order valence-electron chi connectivity index (χ0n) is 8.59. The molecule has 0 fully saturated rings. The van der Waals surface area contributed by atoms with Crippen LogP contribution in [0.1, 0.15) is 33.6 Å². The Bertz CT molecular complexity index is 207. The van der Waals surface area contributed by atoms with Crippen LogP contribution in [0, 0.1) is 16.7 Å². The minimum atomic E-state index is -0.822. The first-order chi connectivity index (χ1) is 6.06. The SMILES string of the molecule is CCOCCCC(C)(C#N)C(C)=O. The molecule has 3 heteroatoms. The van der Waals surface area contributed by atoms with Gasteiger partial charge in [0.1, 0.15) is 11.2 Å². The van der Waals surface area contributed by atoms with E-state index in [-0.39, 0.29) is 5.78 Å². The molecule has 0 N–H and O–H groups in total. The van der Waals surface area contributed by atoms with Crippen LogP contribution in [0.5, 0.6) is 0 Å². The van der Waals surface area contributed by atoms with E-state index in [2.05, 4.69) is 0 Å². The lowest BCUT2D eigenvalue weighted by molar-refractivity contribution is -0.123. The van der Waals surface area contributed by atoms with Gasteiger partial charge in [-0.2, -0.15) is 5.26 Å². The highest BCUT2D eigenvalue weighted by atomic mass is 16.5. The third-order valence-corrected chi connectivity index (χ3v) is 2.19. The smallest absolute Gasteiger partial charge is 0.149 e. The van der Waals surface area contributed by atoms with Crippen LogP contribution in [0.3, 0.4) is 0 Å². The standard InChI is InChI=1S/C10H17NO2/c1-4-13-7-5-6-10(3,8-11)9(2)12/h4-7H2,1-3H3. The van der Waals surface area contributed by atoms with E-state index in [0.29, 0.717) is 19.6 Å². The van der Waals surface area contributed by atoms with Gasteiger partial charge in [-0.1, -0.05) is 0 Å². The van der Waals surface area contributed by atoms with Crippen LogP contribution < -0.4 is 0 Å². The Kier molecular flexibility index (Phi) is 5.33. The summed E-state index contributed by atoms with van der Waals surface area (Å²) in [6.45, 7) is 6.38. The topological polar surface area (TPSA) is 50.1 Å². The number of carbonyl (C=O) groups is 1. The number of nitrogens with zero attached hydrogens (tertiary/aromatic N) is 1. The molecule has 74 valence electrons. The Morgan fingerprint density at radius 2 is 2.23 bits per heavy atom. The molecule has 0 spiro atoms. The Morgan fingerprint density at radius 1 is 1.62 bits per heavy atom. The molecule has 1 atom stereocenters. The quantitative estimate of drug-likeness (QED) is 0.591. The van der Waals surface area contributed by atoms with Gasteiger partial charge in [-0.3, -0.25) is 4.79 Å². The molecule has 0 aliphatic rings. The van der Waals surface area contributed by atoms with E-state index in [4.69, 9.17) is 10.00 Å². The summed E-state index contributed by atoms with van der Waals surface area (Å²) < 4.78 is 5.13.